The Balaban J connectivity index is 1.68. The molecule has 0 aromatic heterocycles. The Hall–Kier alpha value is -3.34. The van der Waals surface area contributed by atoms with Crippen LogP contribution in [0.1, 0.15) is 18.4 Å². The second-order valence-corrected chi connectivity index (χ2v) is 7.21. The molecule has 1 saturated heterocycles. The van der Waals surface area contributed by atoms with Gasteiger partial charge in [-0.15, -0.1) is 0 Å². The molecular weight excluding hydrogens is 364 g/mol. The lowest BCUT2D eigenvalue weighted by atomic mass is 10.0. The molecule has 1 aliphatic heterocycles. The van der Waals surface area contributed by atoms with Gasteiger partial charge in [-0.1, -0.05) is 54.6 Å². The van der Waals surface area contributed by atoms with Crippen LogP contribution in [0.4, 0.5) is 5.69 Å². The number of ether oxygens (including phenoxy) is 1. The number of likely N-dealkylation sites (tertiary alicyclic amines) is 1. The van der Waals surface area contributed by atoms with E-state index in [1.54, 1.807) is 16.9 Å². The summed E-state index contributed by atoms with van der Waals surface area (Å²) in [6.07, 6.45) is 1.62. The first-order valence-electron chi connectivity index (χ1n) is 9.85. The largest absolute Gasteiger partial charge is 0.495 e. The van der Waals surface area contributed by atoms with Crippen molar-refractivity contribution < 1.29 is 14.3 Å². The van der Waals surface area contributed by atoms with Crippen molar-refractivity contribution in [1.29, 1.82) is 0 Å². The van der Waals surface area contributed by atoms with Gasteiger partial charge in [-0.2, -0.15) is 0 Å². The van der Waals surface area contributed by atoms with Gasteiger partial charge in [0.25, 0.3) is 0 Å². The van der Waals surface area contributed by atoms with Crippen molar-refractivity contribution >= 4 is 28.3 Å². The molecule has 0 atom stereocenters. The maximum Gasteiger partial charge on any atom is 0.233 e. The highest BCUT2D eigenvalue weighted by molar-refractivity contribution is 5.99. The maximum absolute atomic E-state index is 13.5. The SMILES string of the molecule is COc1ccccc1N(CN1CCCC1=O)C(=O)Cc1cccc2ccccc12. The van der Waals surface area contributed by atoms with Crippen LogP contribution in [0.3, 0.4) is 0 Å². The Morgan fingerprint density at radius 2 is 1.79 bits per heavy atom. The molecule has 1 heterocycles. The first-order chi connectivity index (χ1) is 14.2. The van der Waals surface area contributed by atoms with E-state index >= 15 is 0 Å². The summed E-state index contributed by atoms with van der Waals surface area (Å²) < 4.78 is 5.49. The van der Waals surface area contributed by atoms with E-state index in [0.29, 0.717) is 24.4 Å². The average molecular weight is 388 g/mol. The summed E-state index contributed by atoms with van der Waals surface area (Å²) in [6.45, 7) is 0.912. The highest BCUT2D eigenvalue weighted by Crippen LogP contribution is 2.30. The molecule has 5 heteroatoms. The molecule has 1 fully saturated rings. The molecule has 0 aliphatic carbocycles. The highest BCUT2D eigenvalue weighted by atomic mass is 16.5. The van der Waals surface area contributed by atoms with Crippen molar-refractivity contribution in [3.05, 3.63) is 72.3 Å². The van der Waals surface area contributed by atoms with Gasteiger partial charge < -0.3 is 9.64 Å². The second-order valence-electron chi connectivity index (χ2n) is 7.21. The van der Waals surface area contributed by atoms with E-state index in [2.05, 4.69) is 0 Å². The monoisotopic (exact) mass is 388 g/mol. The first kappa shape index (κ1) is 19.0. The number of nitrogens with zero attached hydrogens (tertiary/aromatic N) is 2. The third kappa shape index (κ3) is 3.94. The normalized spacial score (nSPS) is 13.7. The molecule has 3 aromatic carbocycles. The topological polar surface area (TPSA) is 49.9 Å². The number of benzene rings is 3. The van der Waals surface area contributed by atoms with E-state index in [9.17, 15) is 9.59 Å². The van der Waals surface area contributed by atoms with Gasteiger partial charge in [-0.05, 0) is 34.9 Å². The van der Waals surface area contributed by atoms with Gasteiger partial charge in [0, 0.05) is 13.0 Å². The molecule has 0 bridgehead atoms. The summed E-state index contributed by atoms with van der Waals surface area (Å²) in [5.74, 6) is 0.638. The average Bonchev–Trinajstić information content (AvgIpc) is 3.16. The fourth-order valence-corrected chi connectivity index (χ4v) is 3.87. The Labute approximate surface area is 170 Å². The van der Waals surface area contributed by atoms with Crippen LogP contribution in [0.25, 0.3) is 10.8 Å². The van der Waals surface area contributed by atoms with Crippen molar-refractivity contribution in [1.82, 2.24) is 4.90 Å². The quantitative estimate of drug-likeness (QED) is 0.641. The lowest BCUT2D eigenvalue weighted by Crippen LogP contribution is -2.43. The minimum absolute atomic E-state index is 0.0643. The second kappa shape index (κ2) is 8.35. The summed E-state index contributed by atoms with van der Waals surface area (Å²) in [5.41, 5.74) is 1.65. The van der Waals surface area contributed by atoms with Crippen molar-refractivity contribution in [2.75, 3.05) is 25.2 Å². The third-order valence-electron chi connectivity index (χ3n) is 5.38. The van der Waals surface area contributed by atoms with Crippen LogP contribution in [0.2, 0.25) is 0 Å². The summed E-state index contributed by atoms with van der Waals surface area (Å²) in [7, 11) is 1.59. The molecular formula is C24H24N2O3. The van der Waals surface area contributed by atoms with E-state index in [1.807, 2.05) is 66.7 Å². The predicted octanol–water partition coefficient (Wildman–Crippen LogP) is 4.00. The van der Waals surface area contributed by atoms with E-state index in [0.717, 1.165) is 22.8 Å². The van der Waals surface area contributed by atoms with Gasteiger partial charge in [0.15, 0.2) is 0 Å². The van der Waals surface area contributed by atoms with Gasteiger partial charge in [0.2, 0.25) is 11.8 Å². The van der Waals surface area contributed by atoms with Gasteiger partial charge in [-0.25, -0.2) is 0 Å². The Morgan fingerprint density at radius 3 is 2.59 bits per heavy atom. The molecule has 2 amide bonds. The lowest BCUT2D eigenvalue weighted by molar-refractivity contribution is -0.128. The predicted molar refractivity (Wildman–Crippen MR) is 114 cm³/mol. The van der Waals surface area contributed by atoms with Gasteiger partial charge >= 0.3 is 0 Å². The molecule has 0 spiro atoms. The van der Waals surface area contributed by atoms with Crippen LogP contribution in [0.15, 0.2) is 66.7 Å². The number of amides is 2. The molecule has 4 rings (SSSR count). The van der Waals surface area contributed by atoms with Crippen LogP contribution < -0.4 is 9.64 Å². The van der Waals surface area contributed by atoms with Crippen LogP contribution in [-0.4, -0.2) is 37.0 Å². The van der Waals surface area contributed by atoms with Crippen LogP contribution in [-0.2, 0) is 16.0 Å². The summed E-state index contributed by atoms with van der Waals surface area (Å²) in [6, 6.07) is 21.5. The number of carbonyl (C=O) groups is 2. The number of hydrogen-bond acceptors (Lipinski definition) is 3. The number of para-hydroxylation sites is 2. The van der Waals surface area contributed by atoms with Gasteiger partial charge in [0.05, 0.1) is 19.2 Å². The van der Waals surface area contributed by atoms with Crippen LogP contribution in [0.5, 0.6) is 5.75 Å². The standard InChI is InChI=1S/C24H24N2O3/c1-29-22-13-5-4-12-21(22)26(17-25-15-7-14-23(25)27)24(28)16-19-10-6-9-18-8-2-3-11-20(18)19/h2-6,8-13H,7,14-17H2,1H3. The molecule has 0 N–H and O–H groups in total. The number of fused-ring (bicyclic) bond motifs is 1. The molecule has 0 unspecified atom stereocenters. The summed E-state index contributed by atoms with van der Waals surface area (Å²) in [5, 5.41) is 2.18. The number of carbonyl (C=O) groups excluding carboxylic acids is 2. The van der Waals surface area contributed by atoms with E-state index in [1.165, 1.54) is 0 Å². The maximum atomic E-state index is 13.5. The Kier molecular flexibility index (Phi) is 5.47. The number of anilines is 1. The highest BCUT2D eigenvalue weighted by Gasteiger charge is 2.27. The zero-order chi connectivity index (χ0) is 20.2. The molecule has 0 radical (unpaired) electrons. The first-order valence-corrected chi connectivity index (χ1v) is 9.85. The van der Waals surface area contributed by atoms with Crippen molar-refractivity contribution in [3.63, 3.8) is 0 Å². The number of hydrogen-bond donors (Lipinski definition) is 0. The zero-order valence-corrected chi connectivity index (χ0v) is 16.5. The van der Waals surface area contributed by atoms with Crippen molar-refractivity contribution in [2.24, 2.45) is 0 Å². The van der Waals surface area contributed by atoms with Crippen molar-refractivity contribution in [3.8, 4) is 5.75 Å². The van der Waals surface area contributed by atoms with Crippen molar-refractivity contribution in [2.45, 2.75) is 19.3 Å². The fourth-order valence-electron chi connectivity index (χ4n) is 3.87. The van der Waals surface area contributed by atoms with Crippen LogP contribution >= 0.6 is 0 Å². The van der Waals surface area contributed by atoms with E-state index in [-0.39, 0.29) is 24.9 Å². The Bertz CT molecular complexity index is 1040. The molecule has 3 aromatic rings. The third-order valence-corrected chi connectivity index (χ3v) is 5.38. The summed E-state index contributed by atoms with van der Waals surface area (Å²) in [4.78, 5) is 29.1. The van der Waals surface area contributed by atoms with Gasteiger partial charge in [-0.3, -0.25) is 14.5 Å². The number of rotatable bonds is 6. The minimum atomic E-state index is -0.0643. The van der Waals surface area contributed by atoms with Crippen LogP contribution in [0, 0.1) is 0 Å². The zero-order valence-electron chi connectivity index (χ0n) is 16.5. The molecule has 5 nitrogen and oxygen atoms in total. The lowest BCUT2D eigenvalue weighted by Gasteiger charge is -2.29. The summed E-state index contributed by atoms with van der Waals surface area (Å²) >= 11 is 0. The van der Waals surface area contributed by atoms with E-state index < -0.39 is 0 Å². The molecule has 1 aliphatic rings. The minimum Gasteiger partial charge on any atom is -0.495 e. The smallest absolute Gasteiger partial charge is 0.233 e. The van der Waals surface area contributed by atoms with E-state index in [4.69, 9.17) is 4.74 Å². The Morgan fingerprint density at radius 1 is 1.03 bits per heavy atom. The fraction of sp³-hybridized carbons (Fsp3) is 0.250. The molecule has 148 valence electrons. The van der Waals surface area contributed by atoms with Gasteiger partial charge in [0.1, 0.15) is 12.4 Å². The number of methoxy groups -OCH3 is 1. The molecule has 29 heavy (non-hydrogen) atoms. The molecule has 0 saturated carbocycles.